The molecule has 2 atom stereocenters. The van der Waals surface area contributed by atoms with Crippen molar-refractivity contribution in [2.45, 2.75) is 36.5 Å². The molecule has 0 radical (unpaired) electrons. The zero-order valence-corrected chi connectivity index (χ0v) is 18.0. The minimum absolute atomic E-state index is 0.0788. The molecule has 0 N–H and O–H groups in total. The molecular formula is C19H19F2IN6O. The van der Waals surface area contributed by atoms with Crippen LogP contribution in [0, 0.1) is 13.8 Å². The van der Waals surface area contributed by atoms with Crippen LogP contribution in [0.2, 0.25) is 0 Å². The third kappa shape index (κ3) is 3.94. The third-order valence-electron chi connectivity index (χ3n) is 5.05. The Hall–Kier alpha value is -2.24. The lowest BCUT2D eigenvalue weighted by Gasteiger charge is -2.36. The first-order chi connectivity index (χ1) is 13.8. The van der Waals surface area contributed by atoms with E-state index >= 15 is 0 Å². The minimum atomic E-state index is -2.70. The molecule has 0 aromatic carbocycles. The molecule has 10 heteroatoms. The Labute approximate surface area is 179 Å². The molecule has 152 valence electrons. The van der Waals surface area contributed by atoms with Gasteiger partial charge in [0.25, 0.3) is 18.1 Å². The topological polar surface area (TPSA) is 76.3 Å². The zero-order valence-electron chi connectivity index (χ0n) is 15.9. The van der Waals surface area contributed by atoms with Crippen LogP contribution < -0.4 is 0 Å². The standard InChI is InChI=1S/C19H19F2IN6O/c1-10-5-12(6-11(2)25-10)18(29)27-4-3-14(22)13(8-27)16-7-15(17(20)21)26-19-23-9-24-28(16)19/h5-7,9,13-14,17H,3-4,8H2,1-2H3/t13-,14-/m1/s1. The number of likely N-dealkylation sites (tertiary alicyclic amines) is 1. The van der Waals surface area contributed by atoms with Gasteiger partial charge in [0.05, 0.1) is 5.69 Å². The molecule has 3 aromatic heterocycles. The number of nitrogens with zero attached hydrogens (tertiary/aromatic N) is 6. The van der Waals surface area contributed by atoms with E-state index in [1.165, 1.54) is 16.9 Å². The largest absolute Gasteiger partial charge is 0.338 e. The number of piperidine rings is 1. The maximum Gasteiger partial charge on any atom is 0.280 e. The quantitative estimate of drug-likeness (QED) is 0.397. The summed E-state index contributed by atoms with van der Waals surface area (Å²) in [5, 5.41) is 4.16. The van der Waals surface area contributed by atoms with Crippen molar-refractivity contribution >= 4 is 34.3 Å². The summed E-state index contributed by atoms with van der Waals surface area (Å²) in [5.41, 5.74) is 2.44. The van der Waals surface area contributed by atoms with Crippen molar-refractivity contribution in [3.05, 3.63) is 52.9 Å². The first kappa shape index (κ1) is 20.0. The average molecular weight is 512 g/mol. The van der Waals surface area contributed by atoms with Crippen molar-refractivity contribution in [1.82, 2.24) is 29.5 Å². The molecule has 0 saturated carbocycles. The van der Waals surface area contributed by atoms with Gasteiger partial charge in [0.15, 0.2) is 0 Å². The second-order valence-corrected chi connectivity index (χ2v) is 8.78. The van der Waals surface area contributed by atoms with Crippen LogP contribution >= 0.6 is 22.6 Å². The molecule has 29 heavy (non-hydrogen) atoms. The maximum atomic E-state index is 13.4. The number of hydrogen-bond donors (Lipinski definition) is 0. The van der Waals surface area contributed by atoms with Gasteiger partial charge < -0.3 is 4.90 Å². The molecule has 0 bridgehead atoms. The van der Waals surface area contributed by atoms with Crippen LogP contribution in [-0.2, 0) is 0 Å². The van der Waals surface area contributed by atoms with Crippen LogP contribution in [-0.4, -0.2) is 52.4 Å². The lowest BCUT2D eigenvalue weighted by Crippen LogP contribution is -2.43. The predicted octanol–water partition coefficient (Wildman–Crippen LogP) is 3.51. The average Bonchev–Trinajstić information content (AvgIpc) is 3.15. The Morgan fingerprint density at radius 1 is 1.21 bits per heavy atom. The van der Waals surface area contributed by atoms with Gasteiger partial charge in [-0.25, -0.2) is 18.3 Å². The van der Waals surface area contributed by atoms with Crippen LogP contribution in [0.5, 0.6) is 0 Å². The second-order valence-electron chi connectivity index (χ2n) is 7.18. The Morgan fingerprint density at radius 3 is 2.62 bits per heavy atom. The van der Waals surface area contributed by atoms with Crippen molar-refractivity contribution in [2.75, 3.05) is 13.1 Å². The number of aryl methyl sites for hydroxylation is 2. The van der Waals surface area contributed by atoms with Gasteiger partial charge in [-0.05, 0) is 38.5 Å². The van der Waals surface area contributed by atoms with E-state index in [2.05, 4.69) is 42.6 Å². The normalized spacial score (nSPS) is 19.9. The number of hydrogen-bond acceptors (Lipinski definition) is 5. The van der Waals surface area contributed by atoms with Crippen LogP contribution in [0.25, 0.3) is 5.78 Å². The number of rotatable bonds is 3. The summed E-state index contributed by atoms with van der Waals surface area (Å²) in [5.74, 6) is -0.0999. The number of alkyl halides is 3. The highest BCUT2D eigenvalue weighted by Gasteiger charge is 2.34. The van der Waals surface area contributed by atoms with Crippen LogP contribution in [0.4, 0.5) is 8.78 Å². The van der Waals surface area contributed by atoms with Gasteiger partial charge >= 0.3 is 0 Å². The van der Waals surface area contributed by atoms with Crippen LogP contribution in [0.15, 0.2) is 24.5 Å². The third-order valence-corrected chi connectivity index (χ3v) is 6.54. The Morgan fingerprint density at radius 2 is 1.93 bits per heavy atom. The lowest BCUT2D eigenvalue weighted by atomic mass is 9.93. The molecule has 4 heterocycles. The van der Waals surface area contributed by atoms with Crippen molar-refractivity contribution in [2.24, 2.45) is 0 Å². The van der Waals surface area contributed by atoms with Crippen molar-refractivity contribution in [1.29, 1.82) is 0 Å². The minimum Gasteiger partial charge on any atom is -0.338 e. The van der Waals surface area contributed by atoms with Gasteiger partial charge in [-0.1, -0.05) is 22.6 Å². The van der Waals surface area contributed by atoms with Gasteiger partial charge in [-0.15, -0.1) is 0 Å². The fourth-order valence-corrected chi connectivity index (χ4v) is 4.63. The van der Waals surface area contributed by atoms with Gasteiger partial charge in [-0.2, -0.15) is 10.1 Å². The van der Waals surface area contributed by atoms with E-state index in [0.717, 1.165) is 17.8 Å². The van der Waals surface area contributed by atoms with E-state index in [1.807, 2.05) is 13.8 Å². The Kier molecular flexibility index (Phi) is 5.45. The number of carbonyl (C=O) groups excluding carboxylic acids is 1. The molecule has 0 unspecified atom stereocenters. The fraction of sp³-hybridized carbons (Fsp3) is 0.421. The monoisotopic (exact) mass is 512 g/mol. The predicted molar refractivity (Wildman–Crippen MR) is 111 cm³/mol. The van der Waals surface area contributed by atoms with E-state index in [4.69, 9.17) is 0 Å². The summed E-state index contributed by atoms with van der Waals surface area (Å²) >= 11 is 2.32. The Bertz CT molecular complexity index is 1050. The first-order valence-electron chi connectivity index (χ1n) is 9.21. The van der Waals surface area contributed by atoms with Gasteiger partial charge in [0, 0.05) is 39.9 Å². The van der Waals surface area contributed by atoms with Gasteiger partial charge in [-0.3, -0.25) is 9.78 Å². The smallest absolute Gasteiger partial charge is 0.280 e. The van der Waals surface area contributed by atoms with E-state index in [1.54, 1.807) is 17.0 Å². The van der Waals surface area contributed by atoms with Gasteiger partial charge in [0.1, 0.15) is 12.0 Å². The molecule has 1 amide bonds. The Balaban J connectivity index is 1.69. The molecule has 1 aliphatic rings. The van der Waals surface area contributed by atoms with E-state index < -0.39 is 6.43 Å². The maximum absolute atomic E-state index is 13.4. The van der Waals surface area contributed by atoms with Crippen molar-refractivity contribution < 1.29 is 13.6 Å². The fourth-order valence-electron chi connectivity index (χ4n) is 3.76. The molecule has 1 aliphatic heterocycles. The molecule has 4 rings (SSSR count). The first-order valence-corrected chi connectivity index (χ1v) is 10.5. The summed E-state index contributed by atoms with van der Waals surface area (Å²) < 4.78 is 28.4. The van der Waals surface area contributed by atoms with E-state index in [9.17, 15) is 13.6 Å². The number of carbonyl (C=O) groups is 1. The van der Waals surface area contributed by atoms with Gasteiger partial charge in [0.2, 0.25) is 0 Å². The van der Waals surface area contributed by atoms with Crippen LogP contribution in [0.3, 0.4) is 0 Å². The SMILES string of the molecule is Cc1cc(C(=O)N2CC[C@@H](I)[C@H](c3cc(C(F)F)nc4ncnn34)C2)cc(C)n1. The number of aromatic nitrogens is 5. The number of amides is 1. The lowest BCUT2D eigenvalue weighted by molar-refractivity contribution is 0.0711. The highest BCUT2D eigenvalue weighted by Crippen LogP contribution is 2.34. The zero-order chi connectivity index (χ0) is 20.7. The molecule has 1 saturated heterocycles. The number of fused-ring (bicyclic) bond motifs is 1. The summed E-state index contributed by atoms with van der Waals surface area (Å²) in [6.45, 7) is 4.73. The highest BCUT2D eigenvalue weighted by atomic mass is 127. The molecule has 3 aromatic rings. The summed E-state index contributed by atoms with van der Waals surface area (Å²) in [6, 6.07) is 4.94. The number of halogens is 3. The second kappa shape index (κ2) is 7.88. The van der Waals surface area contributed by atoms with E-state index in [0.29, 0.717) is 24.3 Å². The number of pyridine rings is 1. The van der Waals surface area contributed by atoms with Crippen LogP contribution in [0.1, 0.15) is 51.9 Å². The molecule has 1 fully saturated rings. The summed E-state index contributed by atoms with van der Waals surface area (Å²) in [4.78, 5) is 27.1. The summed E-state index contributed by atoms with van der Waals surface area (Å²) in [6.07, 6.45) is -0.646. The van der Waals surface area contributed by atoms with Crippen molar-refractivity contribution in [3.63, 3.8) is 0 Å². The summed E-state index contributed by atoms with van der Waals surface area (Å²) in [7, 11) is 0. The molecular weight excluding hydrogens is 493 g/mol. The molecule has 7 nitrogen and oxygen atoms in total. The molecule has 0 aliphatic carbocycles. The molecule has 0 spiro atoms. The van der Waals surface area contributed by atoms with Crippen molar-refractivity contribution in [3.8, 4) is 0 Å². The highest BCUT2D eigenvalue weighted by molar-refractivity contribution is 14.1. The van der Waals surface area contributed by atoms with E-state index in [-0.39, 0.29) is 27.2 Å².